The van der Waals surface area contributed by atoms with Gasteiger partial charge in [-0.1, -0.05) is 13.0 Å². The van der Waals surface area contributed by atoms with Crippen LogP contribution < -0.4 is 5.32 Å². The van der Waals surface area contributed by atoms with Gasteiger partial charge in [0.2, 0.25) is 0 Å². The number of anilines is 1. The highest BCUT2D eigenvalue weighted by atomic mass is 19.4. The fraction of sp³-hybridized carbons (Fsp3) is 0.533. The second-order valence-electron chi connectivity index (χ2n) is 5.48. The molecule has 1 amide bonds. The molecule has 4 nitrogen and oxygen atoms in total. The zero-order valence-electron chi connectivity index (χ0n) is 12.8. The first-order valence-electron chi connectivity index (χ1n) is 7.41. The largest absolute Gasteiger partial charge is 0.416 e. The van der Waals surface area contributed by atoms with E-state index in [1.165, 1.54) is 12.1 Å². The molecule has 0 atom stereocenters. The molecule has 23 heavy (non-hydrogen) atoms. The molecule has 2 rings (SSSR count). The Morgan fingerprint density at radius 3 is 2.30 bits per heavy atom. The van der Waals surface area contributed by atoms with Gasteiger partial charge in [0.15, 0.2) is 0 Å². The van der Waals surface area contributed by atoms with Gasteiger partial charge in [0.25, 0.3) is 0 Å². The van der Waals surface area contributed by atoms with Crippen LogP contribution in [0.5, 0.6) is 0 Å². The van der Waals surface area contributed by atoms with Gasteiger partial charge in [0.05, 0.1) is 5.56 Å². The van der Waals surface area contributed by atoms with Crippen LogP contribution in [0.25, 0.3) is 0 Å². The third-order valence-electron chi connectivity index (χ3n) is 3.96. The van der Waals surface area contributed by atoms with E-state index in [4.69, 9.17) is 0 Å². The van der Waals surface area contributed by atoms with Crippen LogP contribution in [-0.4, -0.2) is 48.7 Å². The minimum absolute atomic E-state index is 0.124. The summed E-state index contributed by atoms with van der Waals surface area (Å²) in [4.78, 5) is 14.6. The van der Waals surface area contributed by atoms with Gasteiger partial charge >= 0.3 is 12.3 Å². The fourth-order valence-electron chi connectivity index (χ4n) is 2.67. The van der Waals surface area contributed by atoms with Crippen LogP contribution in [0.4, 0.5) is 28.0 Å². The van der Waals surface area contributed by atoms with Crippen molar-refractivity contribution in [1.29, 1.82) is 0 Å². The molecule has 1 aromatic carbocycles. The summed E-state index contributed by atoms with van der Waals surface area (Å²) in [5, 5.41) is 1.74. The van der Waals surface area contributed by atoms with E-state index in [0.29, 0.717) is 13.1 Å². The van der Waals surface area contributed by atoms with Gasteiger partial charge in [-0.15, -0.1) is 4.39 Å². The third kappa shape index (κ3) is 4.90. The molecule has 1 aliphatic rings. The topological polar surface area (TPSA) is 35.6 Å². The highest BCUT2D eigenvalue weighted by Gasteiger charge is 2.34. The van der Waals surface area contributed by atoms with Crippen LogP contribution in [0.3, 0.4) is 0 Å². The summed E-state index contributed by atoms with van der Waals surface area (Å²) in [6.07, 6.45) is -6.45. The molecule has 0 spiro atoms. The predicted molar refractivity (Wildman–Crippen MR) is 79.0 cm³/mol. The molecule has 0 unspecified atom stereocenters. The maximum Gasteiger partial charge on any atom is 0.416 e. The average Bonchev–Trinajstić information content (AvgIpc) is 2.48. The van der Waals surface area contributed by atoms with Crippen molar-refractivity contribution in [3.63, 3.8) is 0 Å². The van der Waals surface area contributed by atoms with E-state index < -0.39 is 17.9 Å². The average molecular weight is 333 g/mol. The van der Waals surface area contributed by atoms with Crippen molar-refractivity contribution in [2.75, 3.05) is 38.0 Å². The van der Waals surface area contributed by atoms with Gasteiger partial charge in [-0.25, -0.2) is 4.79 Å². The SMILES string of the molecule is CCN1CCN(Cc2ccc(NC(=O)F)cc2C(F)(F)F)CC1. The lowest BCUT2D eigenvalue weighted by molar-refractivity contribution is -0.138. The zero-order valence-corrected chi connectivity index (χ0v) is 12.8. The van der Waals surface area contributed by atoms with E-state index in [0.717, 1.165) is 25.7 Å². The van der Waals surface area contributed by atoms with Crippen LogP contribution in [0.1, 0.15) is 18.1 Å². The number of halogens is 4. The number of hydrogen-bond acceptors (Lipinski definition) is 3. The van der Waals surface area contributed by atoms with E-state index >= 15 is 0 Å². The van der Waals surface area contributed by atoms with Gasteiger partial charge in [-0.05, 0) is 24.2 Å². The maximum atomic E-state index is 13.2. The number of hydrogen-bond donors (Lipinski definition) is 1. The summed E-state index contributed by atoms with van der Waals surface area (Å²) in [7, 11) is 0. The van der Waals surface area contributed by atoms with E-state index in [2.05, 4.69) is 11.8 Å². The zero-order chi connectivity index (χ0) is 17.0. The Hall–Kier alpha value is -1.67. The highest BCUT2D eigenvalue weighted by molar-refractivity contribution is 5.83. The molecule has 1 N–H and O–H groups in total. The molecule has 0 radical (unpaired) electrons. The van der Waals surface area contributed by atoms with Gasteiger partial charge in [-0.3, -0.25) is 10.2 Å². The highest BCUT2D eigenvalue weighted by Crippen LogP contribution is 2.34. The number of nitrogens with one attached hydrogen (secondary N) is 1. The van der Waals surface area contributed by atoms with Gasteiger partial charge in [-0.2, -0.15) is 13.2 Å². The van der Waals surface area contributed by atoms with E-state index in [1.54, 1.807) is 5.32 Å². The lowest BCUT2D eigenvalue weighted by Gasteiger charge is -2.34. The standard InChI is InChI=1S/C15H19F4N3O/c1-2-21-5-7-22(8-6-21)10-11-3-4-12(20-14(16)23)9-13(11)15(17,18)19/h3-4,9H,2,5-8,10H2,1H3,(H,20,23). The minimum atomic E-state index is -4.56. The number of nitrogens with zero attached hydrogens (tertiary/aromatic N) is 2. The van der Waals surface area contributed by atoms with Gasteiger partial charge in [0.1, 0.15) is 0 Å². The minimum Gasteiger partial charge on any atom is -0.301 e. The van der Waals surface area contributed by atoms with Crippen molar-refractivity contribution in [2.24, 2.45) is 0 Å². The van der Waals surface area contributed by atoms with Crippen LogP contribution in [0.15, 0.2) is 18.2 Å². The van der Waals surface area contributed by atoms with Crippen molar-refractivity contribution in [3.8, 4) is 0 Å². The van der Waals surface area contributed by atoms with Crippen LogP contribution in [-0.2, 0) is 12.7 Å². The summed E-state index contributed by atoms with van der Waals surface area (Å²) in [5.41, 5.74) is -0.926. The lowest BCUT2D eigenvalue weighted by Crippen LogP contribution is -2.45. The number of alkyl halides is 3. The lowest BCUT2D eigenvalue weighted by atomic mass is 10.0. The number of rotatable bonds is 4. The molecular formula is C15H19F4N3O. The third-order valence-corrected chi connectivity index (χ3v) is 3.96. The van der Waals surface area contributed by atoms with E-state index in [9.17, 15) is 22.4 Å². The summed E-state index contributed by atoms with van der Waals surface area (Å²) in [6.45, 7) is 6.22. The molecule has 128 valence electrons. The van der Waals surface area contributed by atoms with Crippen molar-refractivity contribution in [1.82, 2.24) is 9.80 Å². The van der Waals surface area contributed by atoms with Gasteiger partial charge in [0, 0.05) is 38.4 Å². The summed E-state index contributed by atoms with van der Waals surface area (Å²) >= 11 is 0. The normalized spacial score (nSPS) is 17.3. The molecule has 8 heteroatoms. The first kappa shape index (κ1) is 17.7. The molecule has 1 heterocycles. The predicted octanol–water partition coefficient (Wildman–Crippen LogP) is 3.34. The molecule has 0 aromatic heterocycles. The van der Waals surface area contributed by atoms with Crippen molar-refractivity contribution < 1.29 is 22.4 Å². The second kappa shape index (κ2) is 7.27. The van der Waals surface area contributed by atoms with Crippen LogP contribution >= 0.6 is 0 Å². The number of amides is 1. The number of benzene rings is 1. The Bertz CT molecular complexity index is 554. The number of carbonyl (C=O) groups excluding carboxylic acids is 1. The van der Waals surface area contributed by atoms with E-state index in [1.807, 2.05) is 4.90 Å². The molecule has 1 aromatic rings. The Kier molecular flexibility index (Phi) is 5.59. The second-order valence-corrected chi connectivity index (χ2v) is 5.48. The quantitative estimate of drug-likeness (QED) is 0.521. The maximum absolute atomic E-state index is 13.2. The summed E-state index contributed by atoms with van der Waals surface area (Å²) in [5.74, 6) is 0. The summed E-state index contributed by atoms with van der Waals surface area (Å²) < 4.78 is 51.9. The first-order valence-corrected chi connectivity index (χ1v) is 7.41. The number of piperazine rings is 1. The first-order chi connectivity index (χ1) is 10.8. The Morgan fingerprint density at radius 2 is 1.78 bits per heavy atom. The Balaban J connectivity index is 2.16. The summed E-state index contributed by atoms with van der Waals surface area (Å²) in [6, 6.07) is 3.35. The van der Waals surface area contributed by atoms with E-state index in [-0.39, 0.29) is 17.8 Å². The molecular weight excluding hydrogens is 314 g/mol. The van der Waals surface area contributed by atoms with Crippen LogP contribution in [0, 0.1) is 0 Å². The van der Waals surface area contributed by atoms with Crippen molar-refractivity contribution in [2.45, 2.75) is 19.6 Å². The molecule has 1 aliphatic heterocycles. The Labute approximate surface area is 132 Å². The molecule has 1 saturated heterocycles. The molecule has 0 aliphatic carbocycles. The smallest absolute Gasteiger partial charge is 0.301 e. The van der Waals surface area contributed by atoms with Gasteiger partial charge < -0.3 is 4.90 Å². The molecule has 0 saturated carbocycles. The molecule has 1 fully saturated rings. The number of carbonyl (C=O) groups is 1. The van der Waals surface area contributed by atoms with Crippen molar-refractivity contribution >= 4 is 11.8 Å². The fourth-order valence-corrected chi connectivity index (χ4v) is 2.67. The monoisotopic (exact) mass is 333 g/mol. The number of likely N-dealkylation sites (N-methyl/N-ethyl adjacent to an activating group) is 1. The van der Waals surface area contributed by atoms with Crippen molar-refractivity contribution in [3.05, 3.63) is 29.3 Å². The van der Waals surface area contributed by atoms with Crippen LogP contribution in [0.2, 0.25) is 0 Å². The molecule has 0 bridgehead atoms. The Morgan fingerprint density at radius 1 is 1.17 bits per heavy atom.